The fourth-order valence-corrected chi connectivity index (χ4v) is 6.23. The molecule has 7 aromatic rings. The average Bonchev–Trinajstić information content (AvgIpc) is 3.44. The summed E-state index contributed by atoms with van der Waals surface area (Å²) in [5.74, 6) is 0.324. The molecule has 0 amide bonds. The van der Waals surface area contributed by atoms with Gasteiger partial charge in [0.25, 0.3) is 0 Å². The molecule has 0 saturated heterocycles. The molecule has 39 heavy (non-hydrogen) atoms. The Morgan fingerprint density at radius 2 is 1.10 bits per heavy atom. The smallest absolute Gasteiger partial charge is 0.134 e. The van der Waals surface area contributed by atoms with Gasteiger partial charge in [0.05, 0.1) is 10.9 Å². The molecular formula is C36H30N2O. The third-order valence-electron chi connectivity index (χ3n) is 8.16. The number of aromatic nitrogens is 2. The third-order valence-corrected chi connectivity index (χ3v) is 8.16. The standard InChI is InChI=1S/C36H30N2O/c1-22-13-17-24(18-14-22)31-32(25-19-15-23(2)16-20-25)36(39)34-27-10-6-8-12-30(27)38(4)35(34)33(31)28-21-37(3)29-11-7-5-9-26(28)29/h5-21,39H,1-4H3. The number of hydrogen-bond acceptors (Lipinski definition) is 1. The molecule has 3 nitrogen and oxygen atoms in total. The van der Waals surface area contributed by atoms with Gasteiger partial charge >= 0.3 is 0 Å². The summed E-state index contributed by atoms with van der Waals surface area (Å²) < 4.78 is 4.45. The van der Waals surface area contributed by atoms with Crippen molar-refractivity contribution in [2.75, 3.05) is 0 Å². The Morgan fingerprint density at radius 3 is 1.74 bits per heavy atom. The molecule has 0 aliphatic rings. The molecule has 2 heterocycles. The van der Waals surface area contributed by atoms with Crippen LogP contribution in [0.4, 0.5) is 0 Å². The van der Waals surface area contributed by atoms with Gasteiger partial charge < -0.3 is 14.2 Å². The average molecular weight is 507 g/mol. The zero-order chi connectivity index (χ0) is 26.8. The number of para-hydroxylation sites is 2. The Hall–Kier alpha value is -4.76. The quantitative estimate of drug-likeness (QED) is 0.254. The van der Waals surface area contributed by atoms with Crippen molar-refractivity contribution in [1.29, 1.82) is 0 Å². The molecule has 0 spiro atoms. The highest BCUT2D eigenvalue weighted by molar-refractivity contribution is 6.23. The SMILES string of the molecule is Cc1ccc(-c2c(-c3ccc(C)cc3)c(-c3cn(C)c4ccccc34)c3c(c2O)c2ccccc2n3C)cc1. The number of rotatable bonds is 3. The van der Waals surface area contributed by atoms with Crippen LogP contribution < -0.4 is 0 Å². The third kappa shape index (κ3) is 3.43. The second kappa shape index (κ2) is 8.64. The van der Waals surface area contributed by atoms with Gasteiger partial charge in [-0.3, -0.25) is 0 Å². The highest BCUT2D eigenvalue weighted by Crippen LogP contribution is 2.53. The van der Waals surface area contributed by atoms with Gasteiger partial charge in [-0.1, -0.05) is 96.1 Å². The predicted molar refractivity (Wildman–Crippen MR) is 164 cm³/mol. The van der Waals surface area contributed by atoms with Crippen molar-refractivity contribution in [1.82, 2.24) is 9.13 Å². The molecule has 0 atom stereocenters. The van der Waals surface area contributed by atoms with Crippen molar-refractivity contribution in [3.63, 3.8) is 0 Å². The Balaban J connectivity index is 1.79. The summed E-state index contributed by atoms with van der Waals surface area (Å²) in [6.07, 6.45) is 2.24. The van der Waals surface area contributed by atoms with Crippen LogP contribution in [0.2, 0.25) is 0 Å². The minimum Gasteiger partial charge on any atom is -0.507 e. The van der Waals surface area contributed by atoms with Gasteiger partial charge in [0.1, 0.15) is 5.75 Å². The van der Waals surface area contributed by atoms with Crippen molar-refractivity contribution in [2.45, 2.75) is 13.8 Å². The predicted octanol–water partition coefficient (Wildman–Crippen LogP) is 9.15. The first-order chi connectivity index (χ1) is 18.9. The topological polar surface area (TPSA) is 30.1 Å². The van der Waals surface area contributed by atoms with Crippen LogP contribution in [0.15, 0.2) is 103 Å². The molecule has 7 rings (SSSR count). The molecule has 0 radical (unpaired) electrons. The number of hydrogen-bond donors (Lipinski definition) is 1. The monoisotopic (exact) mass is 506 g/mol. The van der Waals surface area contributed by atoms with Gasteiger partial charge in [-0.25, -0.2) is 0 Å². The molecule has 2 aromatic heterocycles. The van der Waals surface area contributed by atoms with Crippen LogP contribution in [0.3, 0.4) is 0 Å². The molecule has 0 bridgehead atoms. The van der Waals surface area contributed by atoms with Gasteiger partial charge in [0, 0.05) is 64.4 Å². The molecule has 3 heteroatoms. The molecule has 0 aliphatic carbocycles. The highest BCUT2D eigenvalue weighted by Gasteiger charge is 2.28. The first-order valence-electron chi connectivity index (χ1n) is 13.4. The van der Waals surface area contributed by atoms with E-state index >= 15 is 0 Å². The van der Waals surface area contributed by atoms with Crippen LogP contribution in [0.25, 0.3) is 66.1 Å². The van der Waals surface area contributed by atoms with Crippen LogP contribution in [-0.4, -0.2) is 14.2 Å². The van der Waals surface area contributed by atoms with E-state index < -0.39 is 0 Å². The maximum absolute atomic E-state index is 12.3. The lowest BCUT2D eigenvalue weighted by molar-refractivity contribution is 0.484. The Morgan fingerprint density at radius 1 is 0.564 bits per heavy atom. The van der Waals surface area contributed by atoms with E-state index in [0.717, 1.165) is 55.2 Å². The summed E-state index contributed by atoms with van der Waals surface area (Å²) in [5.41, 5.74) is 12.0. The van der Waals surface area contributed by atoms with Crippen LogP contribution >= 0.6 is 0 Å². The molecule has 0 saturated carbocycles. The molecule has 5 aromatic carbocycles. The largest absolute Gasteiger partial charge is 0.507 e. The minimum atomic E-state index is 0.324. The van der Waals surface area contributed by atoms with Crippen molar-refractivity contribution in [3.05, 3.63) is 114 Å². The lowest BCUT2D eigenvalue weighted by Gasteiger charge is -2.20. The van der Waals surface area contributed by atoms with E-state index in [-0.39, 0.29) is 0 Å². The van der Waals surface area contributed by atoms with E-state index in [9.17, 15) is 5.11 Å². The minimum absolute atomic E-state index is 0.324. The van der Waals surface area contributed by atoms with Crippen LogP contribution in [0, 0.1) is 13.8 Å². The summed E-state index contributed by atoms with van der Waals surface area (Å²) in [6.45, 7) is 4.21. The number of phenols is 1. The van der Waals surface area contributed by atoms with Gasteiger partial charge in [-0.2, -0.15) is 0 Å². The second-order valence-electron chi connectivity index (χ2n) is 10.7. The lowest BCUT2D eigenvalue weighted by Crippen LogP contribution is -1.97. The molecule has 190 valence electrons. The summed E-state index contributed by atoms with van der Waals surface area (Å²) >= 11 is 0. The Labute approximate surface area is 228 Å². The maximum Gasteiger partial charge on any atom is 0.134 e. The summed E-state index contributed by atoms with van der Waals surface area (Å²) in [4.78, 5) is 0. The zero-order valence-electron chi connectivity index (χ0n) is 22.7. The van der Waals surface area contributed by atoms with Gasteiger partial charge in [-0.15, -0.1) is 0 Å². The van der Waals surface area contributed by atoms with Crippen molar-refractivity contribution in [3.8, 4) is 39.1 Å². The van der Waals surface area contributed by atoms with E-state index in [1.807, 2.05) is 0 Å². The van der Waals surface area contributed by atoms with E-state index in [4.69, 9.17) is 0 Å². The first-order valence-corrected chi connectivity index (χ1v) is 13.4. The number of aryl methyl sites for hydroxylation is 4. The van der Waals surface area contributed by atoms with Crippen molar-refractivity contribution < 1.29 is 5.11 Å². The lowest BCUT2D eigenvalue weighted by atomic mass is 9.84. The molecule has 0 unspecified atom stereocenters. The van der Waals surface area contributed by atoms with Crippen LogP contribution in [-0.2, 0) is 14.1 Å². The highest BCUT2D eigenvalue weighted by atomic mass is 16.3. The van der Waals surface area contributed by atoms with Crippen molar-refractivity contribution in [2.24, 2.45) is 14.1 Å². The normalized spacial score (nSPS) is 11.7. The Kier molecular flexibility index (Phi) is 5.18. The molecule has 0 fully saturated rings. The molecule has 0 aliphatic heterocycles. The summed E-state index contributed by atoms with van der Waals surface area (Å²) in [5, 5.41) is 15.4. The fourth-order valence-electron chi connectivity index (χ4n) is 6.23. The van der Waals surface area contributed by atoms with Crippen LogP contribution in [0.5, 0.6) is 5.75 Å². The zero-order valence-corrected chi connectivity index (χ0v) is 22.7. The number of nitrogens with zero attached hydrogens (tertiary/aromatic N) is 2. The number of phenolic OH excluding ortho intramolecular Hbond substituents is 1. The van der Waals surface area contributed by atoms with E-state index in [1.54, 1.807) is 0 Å². The summed E-state index contributed by atoms with van der Waals surface area (Å²) in [7, 11) is 4.22. The van der Waals surface area contributed by atoms with Gasteiger partial charge in [0.2, 0.25) is 0 Å². The summed E-state index contributed by atoms with van der Waals surface area (Å²) in [6, 6.07) is 34.1. The van der Waals surface area contributed by atoms with Crippen LogP contribution in [0.1, 0.15) is 11.1 Å². The fraction of sp³-hybridized carbons (Fsp3) is 0.111. The van der Waals surface area contributed by atoms with Gasteiger partial charge in [-0.05, 0) is 37.1 Å². The van der Waals surface area contributed by atoms with E-state index in [2.05, 4.69) is 140 Å². The molecule has 1 N–H and O–H groups in total. The molecular weight excluding hydrogens is 476 g/mol. The maximum atomic E-state index is 12.3. The number of fused-ring (bicyclic) bond motifs is 4. The van der Waals surface area contributed by atoms with Gasteiger partial charge in [0.15, 0.2) is 0 Å². The van der Waals surface area contributed by atoms with E-state index in [1.165, 1.54) is 22.0 Å². The van der Waals surface area contributed by atoms with E-state index in [0.29, 0.717) is 5.75 Å². The second-order valence-corrected chi connectivity index (χ2v) is 10.7. The number of aromatic hydroxyl groups is 1. The number of benzene rings is 5. The first kappa shape index (κ1) is 23.4. The van der Waals surface area contributed by atoms with Crippen molar-refractivity contribution >= 4 is 32.7 Å². The Bertz CT molecular complexity index is 2040.